The average Bonchev–Trinajstić information content (AvgIpc) is 2.18. The summed E-state index contributed by atoms with van der Waals surface area (Å²) in [5.74, 6) is -1.65. The predicted octanol–water partition coefficient (Wildman–Crippen LogP) is -0.475. The number of primary amides is 1. The first-order valence-corrected chi connectivity index (χ1v) is 4.05. The van der Waals surface area contributed by atoms with Crippen molar-refractivity contribution >= 4 is 11.8 Å². The molecule has 0 radical (unpaired) electrons. The topological polar surface area (TPSA) is 76.3 Å². The number of pyridine rings is 1. The van der Waals surface area contributed by atoms with Crippen LogP contribution in [0.15, 0.2) is 24.5 Å². The Labute approximate surface area is 81.5 Å². The molecule has 1 aromatic rings. The first kappa shape index (κ1) is 10.2. The van der Waals surface area contributed by atoms with E-state index in [1.54, 1.807) is 18.5 Å². The minimum absolute atomic E-state index is 0.329. The summed E-state index contributed by atoms with van der Waals surface area (Å²) in [7, 11) is 1.51. The number of nitrogens with zero attached hydrogens (tertiary/aromatic N) is 2. The zero-order valence-electron chi connectivity index (χ0n) is 7.80. The second-order valence-corrected chi connectivity index (χ2v) is 2.89. The number of nitrogens with two attached hydrogens (primary N) is 1. The van der Waals surface area contributed by atoms with Crippen molar-refractivity contribution in [2.24, 2.45) is 5.73 Å². The molecule has 0 atom stereocenters. The van der Waals surface area contributed by atoms with Crippen LogP contribution in [0.25, 0.3) is 0 Å². The van der Waals surface area contributed by atoms with Gasteiger partial charge in [-0.05, 0) is 11.6 Å². The number of rotatable bonds is 2. The van der Waals surface area contributed by atoms with Crippen molar-refractivity contribution in [3.63, 3.8) is 0 Å². The number of carbonyl (C=O) groups excluding carboxylic acids is 2. The van der Waals surface area contributed by atoms with Crippen LogP contribution >= 0.6 is 0 Å². The number of hydrogen-bond acceptors (Lipinski definition) is 3. The molecule has 0 aromatic carbocycles. The molecule has 1 heterocycles. The van der Waals surface area contributed by atoms with Gasteiger partial charge in [-0.1, -0.05) is 6.07 Å². The zero-order valence-corrected chi connectivity index (χ0v) is 7.80. The highest BCUT2D eigenvalue weighted by atomic mass is 16.2. The lowest BCUT2D eigenvalue weighted by Gasteiger charge is -2.14. The van der Waals surface area contributed by atoms with Gasteiger partial charge in [0.15, 0.2) is 0 Å². The van der Waals surface area contributed by atoms with Gasteiger partial charge in [-0.15, -0.1) is 0 Å². The minimum Gasteiger partial charge on any atom is -0.361 e. The van der Waals surface area contributed by atoms with E-state index in [0.717, 1.165) is 5.56 Å². The molecule has 0 aliphatic heterocycles. The Kier molecular flexibility index (Phi) is 3.17. The summed E-state index contributed by atoms with van der Waals surface area (Å²) in [5, 5.41) is 0. The fourth-order valence-corrected chi connectivity index (χ4v) is 1.03. The van der Waals surface area contributed by atoms with Gasteiger partial charge < -0.3 is 10.6 Å². The third kappa shape index (κ3) is 2.55. The highest BCUT2D eigenvalue weighted by Crippen LogP contribution is 2.00. The highest BCUT2D eigenvalue weighted by Gasteiger charge is 2.14. The second kappa shape index (κ2) is 4.36. The van der Waals surface area contributed by atoms with Crippen molar-refractivity contribution in [3.8, 4) is 0 Å². The third-order valence-corrected chi connectivity index (χ3v) is 1.70. The van der Waals surface area contributed by atoms with Crippen LogP contribution in [-0.2, 0) is 16.1 Å². The fourth-order valence-electron chi connectivity index (χ4n) is 1.03. The van der Waals surface area contributed by atoms with Crippen LogP contribution in [0.5, 0.6) is 0 Å². The molecule has 0 aliphatic carbocycles. The molecule has 2 amide bonds. The SMILES string of the molecule is CN(Cc1cccnc1)C(=O)C(N)=O. The van der Waals surface area contributed by atoms with Crippen molar-refractivity contribution in [1.82, 2.24) is 9.88 Å². The number of carbonyl (C=O) groups is 2. The van der Waals surface area contributed by atoms with E-state index in [1.807, 2.05) is 6.07 Å². The van der Waals surface area contributed by atoms with E-state index in [4.69, 9.17) is 5.73 Å². The van der Waals surface area contributed by atoms with Crippen LogP contribution in [-0.4, -0.2) is 28.7 Å². The second-order valence-electron chi connectivity index (χ2n) is 2.89. The molecule has 0 fully saturated rings. The lowest BCUT2D eigenvalue weighted by Crippen LogP contribution is -2.37. The number of aromatic nitrogens is 1. The molecule has 1 aromatic heterocycles. The summed E-state index contributed by atoms with van der Waals surface area (Å²) in [6.45, 7) is 0.329. The zero-order chi connectivity index (χ0) is 10.6. The van der Waals surface area contributed by atoms with E-state index < -0.39 is 11.8 Å². The molecule has 74 valence electrons. The van der Waals surface area contributed by atoms with Crippen LogP contribution in [0, 0.1) is 0 Å². The van der Waals surface area contributed by atoms with E-state index in [0.29, 0.717) is 6.54 Å². The van der Waals surface area contributed by atoms with Gasteiger partial charge >= 0.3 is 11.8 Å². The summed E-state index contributed by atoms with van der Waals surface area (Å²) in [6, 6.07) is 3.58. The monoisotopic (exact) mass is 193 g/mol. The highest BCUT2D eigenvalue weighted by molar-refractivity contribution is 6.34. The Hall–Kier alpha value is -1.91. The van der Waals surface area contributed by atoms with Gasteiger partial charge in [0.05, 0.1) is 0 Å². The molecule has 0 bridgehead atoms. The van der Waals surface area contributed by atoms with E-state index >= 15 is 0 Å². The Morgan fingerprint density at radius 1 is 1.57 bits per heavy atom. The summed E-state index contributed by atoms with van der Waals surface area (Å²) in [5.41, 5.74) is 5.70. The molecule has 14 heavy (non-hydrogen) atoms. The van der Waals surface area contributed by atoms with Crippen LogP contribution in [0.2, 0.25) is 0 Å². The molecule has 1 rings (SSSR count). The fraction of sp³-hybridized carbons (Fsp3) is 0.222. The third-order valence-electron chi connectivity index (χ3n) is 1.70. The van der Waals surface area contributed by atoms with Gasteiger partial charge in [0.25, 0.3) is 0 Å². The summed E-state index contributed by atoms with van der Waals surface area (Å²) >= 11 is 0. The maximum Gasteiger partial charge on any atom is 0.311 e. The maximum atomic E-state index is 11.1. The van der Waals surface area contributed by atoms with Gasteiger partial charge in [-0.2, -0.15) is 0 Å². The summed E-state index contributed by atoms with van der Waals surface area (Å²) in [6.07, 6.45) is 3.27. The number of hydrogen-bond donors (Lipinski definition) is 1. The molecule has 5 nitrogen and oxygen atoms in total. The van der Waals surface area contributed by atoms with Crippen LogP contribution in [0.1, 0.15) is 5.56 Å². The van der Waals surface area contributed by atoms with Gasteiger partial charge in [-0.3, -0.25) is 14.6 Å². The van der Waals surface area contributed by atoms with E-state index in [2.05, 4.69) is 4.98 Å². The Morgan fingerprint density at radius 3 is 2.79 bits per heavy atom. The first-order chi connectivity index (χ1) is 6.61. The van der Waals surface area contributed by atoms with Crippen molar-refractivity contribution in [3.05, 3.63) is 30.1 Å². The molecule has 0 spiro atoms. The molecule has 5 heteroatoms. The van der Waals surface area contributed by atoms with Crippen molar-refractivity contribution < 1.29 is 9.59 Å². The quantitative estimate of drug-likeness (QED) is 0.645. The van der Waals surface area contributed by atoms with Gasteiger partial charge in [0.2, 0.25) is 0 Å². The summed E-state index contributed by atoms with van der Waals surface area (Å²) < 4.78 is 0. The minimum atomic E-state index is -0.948. The average molecular weight is 193 g/mol. The van der Waals surface area contributed by atoms with Crippen LogP contribution < -0.4 is 5.73 Å². The first-order valence-electron chi connectivity index (χ1n) is 4.05. The van der Waals surface area contributed by atoms with Gasteiger partial charge in [0.1, 0.15) is 0 Å². The molecule has 0 aliphatic rings. The normalized spacial score (nSPS) is 9.50. The smallest absolute Gasteiger partial charge is 0.311 e. The summed E-state index contributed by atoms with van der Waals surface area (Å²) in [4.78, 5) is 26.8. The van der Waals surface area contributed by atoms with E-state index in [-0.39, 0.29) is 0 Å². The number of likely N-dealkylation sites (N-methyl/N-ethyl adjacent to an activating group) is 1. The molecule has 0 saturated carbocycles. The number of amides is 2. The molecular weight excluding hydrogens is 182 g/mol. The molecular formula is C9H11N3O2. The van der Waals surface area contributed by atoms with Gasteiger partial charge in [-0.25, -0.2) is 0 Å². The van der Waals surface area contributed by atoms with Crippen molar-refractivity contribution in [2.75, 3.05) is 7.05 Å². The Morgan fingerprint density at radius 2 is 2.29 bits per heavy atom. The van der Waals surface area contributed by atoms with Crippen molar-refractivity contribution in [1.29, 1.82) is 0 Å². The maximum absolute atomic E-state index is 11.1. The lowest BCUT2D eigenvalue weighted by molar-refractivity contribution is -0.143. The van der Waals surface area contributed by atoms with E-state index in [9.17, 15) is 9.59 Å². The van der Waals surface area contributed by atoms with Gasteiger partial charge in [0, 0.05) is 26.0 Å². The Bertz CT molecular complexity index is 337. The Balaban J connectivity index is 2.62. The largest absolute Gasteiger partial charge is 0.361 e. The molecule has 2 N–H and O–H groups in total. The predicted molar refractivity (Wildman–Crippen MR) is 49.9 cm³/mol. The lowest BCUT2D eigenvalue weighted by atomic mass is 10.2. The molecule has 0 unspecified atom stereocenters. The van der Waals surface area contributed by atoms with Crippen LogP contribution in [0.4, 0.5) is 0 Å². The molecule has 0 saturated heterocycles. The van der Waals surface area contributed by atoms with Crippen molar-refractivity contribution in [2.45, 2.75) is 6.54 Å². The van der Waals surface area contributed by atoms with Crippen LogP contribution in [0.3, 0.4) is 0 Å². The van der Waals surface area contributed by atoms with E-state index in [1.165, 1.54) is 11.9 Å². The standard InChI is InChI=1S/C9H11N3O2/c1-12(9(14)8(10)13)6-7-3-2-4-11-5-7/h2-5H,6H2,1H3,(H2,10,13).